The van der Waals surface area contributed by atoms with E-state index >= 15 is 0 Å². The molecule has 0 aliphatic rings. The maximum Gasteiger partial charge on any atom is 0.344 e. The molecule has 2 amide bonds. The van der Waals surface area contributed by atoms with Gasteiger partial charge in [0.1, 0.15) is 5.56 Å². The van der Waals surface area contributed by atoms with Crippen molar-refractivity contribution in [2.45, 2.75) is 0 Å². The van der Waals surface area contributed by atoms with Crippen LogP contribution in [-0.4, -0.2) is 39.0 Å². The van der Waals surface area contributed by atoms with Gasteiger partial charge in [-0.15, -0.1) is 0 Å². The molecule has 0 atom stereocenters. The Hall–Kier alpha value is -4.33. The normalized spacial score (nSPS) is 10.5. The Morgan fingerprint density at radius 2 is 1.63 bits per heavy atom. The fourth-order valence-corrected chi connectivity index (χ4v) is 2.90. The van der Waals surface area contributed by atoms with Gasteiger partial charge in [-0.3, -0.25) is 14.9 Å². The lowest BCUT2D eigenvalue weighted by Crippen LogP contribution is -2.34. The number of carbonyl (C=O) groups excluding carboxylic acids is 3. The van der Waals surface area contributed by atoms with E-state index < -0.39 is 24.4 Å². The first-order valence-electron chi connectivity index (χ1n) is 9.08. The highest BCUT2D eigenvalue weighted by Crippen LogP contribution is 2.20. The number of imide groups is 1. The number of amides is 2. The van der Waals surface area contributed by atoms with Crippen molar-refractivity contribution in [3.63, 3.8) is 0 Å². The summed E-state index contributed by atoms with van der Waals surface area (Å²) in [5, 5.41) is 6.40. The summed E-state index contributed by atoms with van der Waals surface area (Å²) in [4.78, 5) is 40.6. The third kappa shape index (κ3) is 3.93. The Kier molecular flexibility index (Phi) is 5.29. The molecule has 0 aliphatic heterocycles. The fourth-order valence-electron chi connectivity index (χ4n) is 2.90. The maximum atomic E-state index is 12.4. The first-order chi connectivity index (χ1) is 14.6. The van der Waals surface area contributed by atoms with Gasteiger partial charge in [-0.25, -0.2) is 14.3 Å². The summed E-state index contributed by atoms with van der Waals surface area (Å²) in [6, 6.07) is 19.6. The number of benzene rings is 2. The lowest BCUT2D eigenvalue weighted by atomic mass is 10.1. The van der Waals surface area contributed by atoms with E-state index in [1.165, 1.54) is 10.7 Å². The first kappa shape index (κ1) is 19.0. The quantitative estimate of drug-likeness (QED) is 0.517. The molecule has 0 unspecified atom stereocenters. The van der Waals surface area contributed by atoms with Gasteiger partial charge in [-0.05, 0) is 18.2 Å². The minimum atomic E-state index is -0.759. The topological polar surface area (TPSA) is 103 Å². The number of aromatic nitrogens is 3. The molecule has 0 fully saturated rings. The van der Waals surface area contributed by atoms with Crippen LogP contribution >= 0.6 is 0 Å². The van der Waals surface area contributed by atoms with Crippen LogP contribution in [0.2, 0.25) is 0 Å². The molecule has 8 nitrogen and oxygen atoms in total. The van der Waals surface area contributed by atoms with Gasteiger partial charge in [0.25, 0.3) is 11.8 Å². The number of fused-ring (bicyclic) bond motifs is 1. The average molecular weight is 400 g/mol. The number of hydrogen-bond donors (Lipinski definition) is 1. The van der Waals surface area contributed by atoms with E-state index in [2.05, 4.69) is 15.4 Å². The van der Waals surface area contributed by atoms with Crippen LogP contribution in [0.5, 0.6) is 0 Å². The van der Waals surface area contributed by atoms with Crippen LogP contribution in [0.15, 0.2) is 79.1 Å². The molecular formula is C22H16N4O4. The van der Waals surface area contributed by atoms with Gasteiger partial charge in [-0.2, -0.15) is 5.10 Å². The van der Waals surface area contributed by atoms with Gasteiger partial charge in [0.05, 0.1) is 11.9 Å². The first-order valence-corrected chi connectivity index (χ1v) is 9.08. The molecule has 2 heterocycles. The Morgan fingerprint density at radius 3 is 2.37 bits per heavy atom. The molecule has 1 N–H and O–H groups in total. The molecule has 0 radical (unpaired) electrons. The second kappa shape index (κ2) is 8.36. The lowest BCUT2D eigenvalue weighted by Gasteiger charge is -2.06. The summed E-state index contributed by atoms with van der Waals surface area (Å²) in [5.74, 6) is -2.06. The predicted octanol–water partition coefficient (Wildman–Crippen LogP) is 2.51. The molecule has 4 rings (SSSR count). The third-order valence-corrected chi connectivity index (χ3v) is 4.31. The molecule has 148 valence electrons. The standard InChI is InChI=1S/C22H16N4O4/c27-19(25-21(28)16-9-5-2-6-10-16)14-30-22(29)17-13-24-26-18(11-12-23-20(17)26)15-7-3-1-4-8-15/h1-13H,14H2,(H,25,27,28). The second-order valence-corrected chi connectivity index (χ2v) is 6.31. The molecule has 0 saturated carbocycles. The van der Waals surface area contributed by atoms with Crippen molar-refractivity contribution >= 4 is 23.4 Å². The molecule has 2 aromatic carbocycles. The van der Waals surface area contributed by atoms with Crippen molar-refractivity contribution in [3.8, 4) is 11.3 Å². The monoisotopic (exact) mass is 400 g/mol. The van der Waals surface area contributed by atoms with Gasteiger partial charge in [-0.1, -0.05) is 48.5 Å². The Balaban J connectivity index is 1.45. The van der Waals surface area contributed by atoms with Crippen molar-refractivity contribution in [3.05, 3.63) is 90.3 Å². The number of ether oxygens (including phenoxy) is 1. The van der Waals surface area contributed by atoms with Crippen LogP contribution in [0.25, 0.3) is 16.9 Å². The summed E-state index contributed by atoms with van der Waals surface area (Å²) in [6.07, 6.45) is 2.91. The van der Waals surface area contributed by atoms with Crippen LogP contribution in [0.4, 0.5) is 0 Å². The van der Waals surface area contributed by atoms with Gasteiger partial charge < -0.3 is 4.74 Å². The van der Waals surface area contributed by atoms with E-state index in [1.54, 1.807) is 42.6 Å². The van der Waals surface area contributed by atoms with Gasteiger partial charge in [0.2, 0.25) is 0 Å². The van der Waals surface area contributed by atoms with E-state index in [9.17, 15) is 14.4 Å². The molecule has 0 saturated heterocycles. The number of esters is 1. The molecule has 0 bridgehead atoms. The Morgan fingerprint density at radius 1 is 0.933 bits per heavy atom. The van der Waals surface area contributed by atoms with Crippen LogP contribution in [0.3, 0.4) is 0 Å². The zero-order chi connectivity index (χ0) is 20.9. The zero-order valence-electron chi connectivity index (χ0n) is 15.7. The minimum absolute atomic E-state index is 0.120. The summed E-state index contributed by atoms with van der Waals surface area (Å²) in [6.45, 7) is -0.604. The highest BCUT2D eigenvalue weighted by Gasteiger charge is 2.19. The third-order valence-electron chi connectivity index (χ3n) is 4.31. The summed E-state index contributed by atoms with van der Waals surface area (Å²) >= 11 is 0. The minimum Gasteiger partial charge on any atom is -0.452 e. The zero-order valence-corrected chi connectivity index (χ0v) is 15.7. The van der Waals surface area contributed by atoms with E-state index in [0.29, 0.717) is 11.2 Å². The number of carbonyl (C=O) groups is 3. The molecular weight excluding hydrogens is 384 g/mol. The van der Waals surface area contributed by atoms with Crippen LogP contribution in [0, 0.1) is 0 Å². The summed E-state index contributed by atoms with van der Waals surface area (Å²) < 4.78 is 6.57. The van der Waals surface area contributed by atoms with E-state index in [1.807, 2.05) is 30.3 Å². The van der Waals surface area contributed by atoms with E-state index in [0.717, 1.165) is 11.3 Å². The summed E-state index contributed by atoms with van der Waals surface area (Å²) in [5.41, 5.74) is 2.42. The molecule has 0 spiro atoms. The molecule has 2 aromatic heterocycles. The van der Waals surface area contributed by atoms with Crippen molar-refractivity contribution in [1.29, 1.82) is 0 Å². The van der Waals surface area contributed by atoms with Crippen molar-refractivity contribution in [2.24, 2.45) is 0 Å². The number of rotatable bonds is 5. The Labute approximate surface area is 171 Å². The highest BCUT2D eigenvalue weighted by molar-refractivity contribution is 6.05. The predicted molar refractivity (Wildman–Crippen MR) is 108 cm³/mol. The van der Waals surface area contributed by atoms with Gasteiger partial charge >= 0.3 is 5.97 Å². The smallest absolute Gasteiger partial charge is 0.344 e. The molecule has 0 aliphatic carbocycles. The fraction of sp³-hybridized carbons (Fsp3) is 0.0455. The molecule has 30 heavy (non-hydrogen) atoms. The number of nitrogens with zero attached hydrogens (tertiary/aromatic N) is 3. The van der Waals surface area contributed by atoms with Crippen molar-refractivity contribution < 1.29 is 19.1 Å². The van der Waals surface area contributed by atoms with Crippen LogP contribution in [0.1, 0.15) is 20.7 Å². The van der Waals surface area contributed by atoms with Gasteiger partial charge in [0, 0.05) is 17.3 Å². The van der Waals surface area contributed by atoms with Crippen molar-refractivity contribution in [1.82, 2.24) is 19.9 Å². The SMILES string of the molecule is O=C(COC(=O)c1cnn2c(-c3ccccc3)ccnc12)NC(=O)c1ccccc1. The van der Waals surface area contributed by atoms with Crippen molar-refractivity contribution in [2.75, 3.05) is 6.61 Å². The second-order valence-electron chi connectivity index (χ2n) is 6.31. The average Bonchev–Trinajstić information content (AvgIpc) is 3.23. The van der Waals surface area contributed by atoms with E-state index in [-0.39, 0.29) is 5.56 Å². The lowest BCUT2D eigenvalue weighted by molar-refractivity contribution is -0.123. The maximum absolute atomic E-state index is 12.4. The number of hydrogen-bond acceptors (Lipinski definition) is 6. The highest BCUT2D eigenvalue weighted by atomic mass is 16.5. The van der Waals surface area contributed by atoms with Crippen LogP contribution < -0.4 is 5.32 Å². The summed E-state index contributed by atoms with van der Waals surface area (Å²) in [7, 11) is 0. The number of nitrogens with one attached hydrogen (secondary N) is 1. The molecule has 8 heteroatoms. The van der Waals surface area contributed by atoms with Crippen LogP contribution in [-0.2, 0) is 9.53 Å². The molecule has 4 aromatic rings. The Bertz CT molecular complexity index is 1220. The van der Waals surface area contributed by atoms with E-state index in [4.69, 9.17) is 4.74 Å². The van der Waals surface area contributed by atoms with Gasteiger partial charge in [0.15, 0.2) is 12.3 Å². The largest absolute Gasteiger partial charge is 0.452 e.